The Hall–Kier alpha value is -1.30. The number of nitrogens with zero attached hydrogens (tertiary/aromatic N) is 1. The second-order valence-corrected chi connectivity index (χ2v) is 5.42. The smallest absolute Gasteiger partial charge is 0.130 e. The SMILES string of the molecule is CCOc1ccc(CN2CCOCC2CO)c(OCC)c1C. The van der Waals surface area contributed by atoms with Crippen molar-refractivity contribution in [3.05, 3.63) is 23.3 Å². The van der Waals surface area contributed by atoms with Crippen molar-refractivity contribution in [2.75, 3.05) is 39.6 Å². The highest BCUT2D eigenvalue weighted by atomic mass is 16.5. The van der Waals surface area contributed by atoms with Gasteiger partial charge in [-0.25, -0.2) is 0 Å². The van der Waals surface area contributed by atoms with Crippen LogP contribution < -0.4 is 9.47 Å². The first kappa shape index (κ1) is 17.1. The first-order chi connectivity index (χ1) is 10.7. The normalized spacial score (nSPS) is 19.2. The topological polar surface area (TPSA) is 51.2 Å². The van der Waals surface area contributed by atoms with Gasteiger partial charge in [-0.3, -0.25) is 4.90 Å². The van der Waals surface area contributed by atoms with E-state index in [9.17, 15) is 5.11 Å². The molecule has 0 aromatic heterocycles. The highest BCUT2D eigenvalue weighted by molar-refractivity contribution is 5.49. The lowest BCUT2D eigenvalue weighted by Crippen LogP contribution is -2.46. The molecule has 0 bridgehead atoms. The Balaban J connectivity index is 2.23. The number of hydrogen-bond donors (Lipinski definition) is 1. The van der Waals surface area contributed by atoms with Gasteiger partial charge in [-0.15, -0.1) is 0 Å². The lowest BCUT2D eigenvalue weighted by Gasteiger charge is -2.34. The van der Waals surface area contributed by atoms with Crippen LogP contribution in [0.15, 0.2) is 12.1 Å². The maximum Gasteiger partial charge on any atom is 0.130 e. The lowest BCUT2D eigenvalue weighted by atomic mass is 10.1. The average molecular weight is 309 g/mol. The number of aliphatic hydroxyl groups is 1. The first-order valence-electron chi connectivity index (χ1n) is 8.01. The number of morpholine rings is 1. The van der Waals surface area contributed by atoms with Crippen LogP contribution in [0.4, 0.5) is 0 Å². The van der Waals surface area contributed by atoms with E-state index in [4.69, 9.17) is 14.2 Å². The van der Waals surface area contributed by atoms with Gasteiger partial charge in [0.15, 0.2) is 0 Å². The van der Waals surface area contributed by atoms with Gasteiger partial charge >= 0.3 is 0 Å². The summed E-state index contributed by atoms with van der Waals surface area (Å²) in [5, 5.41) is 9.51. The molecule has 1 aliphatic rings. The summed E-state index contributed by atoms with van der Waals surface area (Å²) in [4.78, 5) is 2.25. The maximum absolute atomic E-state index is 9.51. The molecule has 1 aliphatic heterocycles. The molecule has 5 nitrogen and oxygen atoms in total. The summed E-state index contributed by atoms with van der Waals surface area (Å²) in [7, 11) is 0. The molecule has 0 aliphatic carbocycles. The van der Waals surface area contributed by atoms with Crippen LogP contribution in [0.1, 0.15) is 25.0 Å². The summed E-state index contributed by atoms with van der Waals surface area (Å²) in [6.07, 6.45) is 0. The van der Waals surface area contributed by atoms with E-state index in [-0.39, 0.29) is 12.6 Å². The molecule has 0 amide bonds. The Morgan fingerprint density at radius 3 is 2.73 bits per heavy atom. The van der Waals surface area contributed by atoms with Crippen molar-refractivity contribution in [2.45, 2.75) is 33.4 Å². The van der Waals surface area contributed by atoms with Gasteiger partial charge in [-0.05, 0) is 26.8 Å². The molecule has 2 rings (SSSR count). The van der Waals surface area contributed by atoms with E-state index in [1.165, 1.54) is 0 Å². The molecule has 0 spiro atoms. The van der Waals surface area contributed by atoms with Gasteiger partial charge in [-0.1, -0.05) is 6.07 Å². The van der Waals surface area contributed by atoms with E-state index >= 15 is 0 Å². The molecule has 1 N–H and O–H groups in total. The first-order valence-corrected chi connectivity index (χ1v) is 8.01. The molecular weight excluding hydrogens is 282 g/mol. The Morgan fingerprint density at radius 2 is 2.05 bits per heavy atom. The van der Waals surface area contributed by atoms with Crippen LogP contribution in [-0.2, 0) is 11.3 Å². The van der Waals surface area contributed by atoms with Crippen LogP contribution in [0.5, 0.6) is 11.5 Å². The zero-order valence-electron chi connectivity index (χ0n) is 13.8. The van der Waals surface area contributed by atoms with Gasteiger partial charge in [0.1, 0.15) is 11.5 Å². The largest absolute Gasteiger partial charge is 0.493 e. The highest BCUT2D eigenvalue weighted by Crippen LogP contribution is 2.33. The fourth-order valence-corrected chi connectivity index (χ4v) is 2.80. The number of benzene rings is 1. The highest BCUT2D eigenvalue weighted by Gasteiger charge is 2.24. The Bertz CT molecular complexity index is 478. The summed E-state index contributed by atoms with van der Waals surface area (Å²) in [6, 6.07) is 4.12. The summed E-state index contributed by atoms with van der Waals surface area (Å²) < 4.78 is 17.0. The van der Waals surface area contributed by atoms with Gasteiger partial charge in [0, 0.05) is 24.2 Å². The number of ether oxygens (including phenoxy) is 3. The van der Waals surface area contributed by atoms with Crippen LogP contribution >= 0.6 is 0 Å². The van der Waals surface area contributed by atoms with Crippen molar-refractivity contribution in [1.29, 1.82) is 0 Å². The van der Waals surface area contributed by atoms with Gasteiger partial charge < -0.3 is 19.3 Å². The van der Waals surface area contributed by atoms with E-state index < -0.39 is 0 Å². The van der Waals surface area contributed by atoms with Crippen LogP contribution in [-0.4, -0.2) is 55.6 Å². The molecule has 1 aromatic carbocycles. The molecular formula is C17H27NO4. The fourth-order valence-electron chi connectivity index (χ4n) is 2.80. The summed E-state index contributed by atoms with van der Waals surface area (Å²) in [5.41, 5.74) is 2.16. The zero-order valence-corrected chi connectivity index (χ0v) is 13.8. The Labute approximate surface area is 132 Å². The van der Waals surface area contributed by atoms with E-state index in [1.54, 1.807) is 0 Å². The molecule has 1 heterocycles. The average Bonchev–Trinajstić information content (AvgIpc) is 2.54. The monoisotopic (exact) mass is 309 g/mol. The minimum atomic E-state index is 0.0510. The third kappa shape index (κ3) is 3.91. The predicted octanol–water partition coefficient (Wildman–Crippen LogP) is 1.99. The maximum atomic E-state index is 9.51. The molecule has 1 unspecified atom stereocenters. The van der Waals surface area contributed by atoms with Gasteiger partial charge in [0.25, 0.3) is 0 Å². The molecule has 0 saturated carbocycles. The van der Waals surface area contributed by atoms with Crippen LogP contribution in [0.3, 0.4) is 0 Å². The fraction of sp³-hybridized carbons (Fsp3) is 0.647. The van der Waals surface area contributed by atoms with Crippen molar-refractivity contribution in [3.63, 3.8) is 0 Å². The summed E-state index contributed by atoms with van der Waals surface area (Å²) in [6.45, 7) is 10.2. The molecule has 5 heteroatoms. The lowest BCUT2D eigenvalue weighted by molar-refractivity contribution is -0.0315. The number of hydrogen-bond acceptors (Lipinski definition) is 5. The van der Waals surface area contributed by atoms with Gasteiger partial charge in [0.05, 0.1) is 39.1 Å². The van der Waals surface area contributed by atoms with E-state index in [1.807, 2.05) is 26.8 Å². The van der Waals surface area contributed by atoms with Gasteiger partial charge in [0.2, 0.25) is 0 Å². The van der Waals surface area contributed by atoms with E-state index in [2.05, 4.69) is 11.0 Å². The van der Waals surface area contributed by atoms with Crippen molar-refractivity contribution >= 4 is 0 Å². The van der Waals surface area contributed by atoms with Crippen molar-refractivity contribution in [2.24, 2.45) is 0 Å². The molecule has 124 valence electrons. The molecule has 0 radical (unpaired) electrons. The van der Waals surface area contributed by atoms with Crippen LogP contribution in [0.25, 0.3) is 0 Å². The van der Waals surface area contributed by atoms with Crippen LogP contribution in [0.2, 0.25) is 0 Å². The standard InChI is InChI=1S/C17H27NO4/c1-4-21-16-7-6-14(17(13(16)3)22-5-2)10-18-8-9-20-12-15(18)11-19/h6-7,15,19H,4-5,8-12H2,1-3H3. The van der Waals surface area contributed by atoms with Crippen LogP contribution in [0, 0.1) is 6.92 Å². The van der Waals surface area contributed by atoms with Gasteiger partial charge in [-0.2, -0.15) is 0 Å². The molecule has 22 heavy (non-hydrogen) atoms. The second-order valence-electron chi connectivity index (χ2n) is 5.42. The van der Waals surface area contributed by atoms with Crippen molar-refractivity contribution in [3.8, 4) is 11.5 Å². The zero-order chi connectivity index (χ0) is 15.9. The molecule has 1 fully saturated rings. The third-order valence-corrected chi connectivity index (χ3v) is 3.96. The quantitative estimate of drug-likeness (QED) is 0.835. The van der Waals surface area contributed by atoms with Crippen molar-refractivity contribution in [1.82, 2.24) is 4.90 Å². The van der Waals surface area contributed by atoms with Crippen molar-refractivity contribution < 1.29 is 19.3 Å². The van der Waals surface area contributed by atoms with E-state index in [0.29, 0.717) is 26.4 Å². The van der Waals surface area contributed by atoms with E-state index in [0.717, 1.165) is 35.7 Å². The predicted molar refractivity (Wildman–Crippen MR) is 85.6 cm³/mol. The number of rotatable bonds is 7. The number of aliphatic hydroxyl groups excluding tert-OH is 1. The molecule has 1 aromatic rings. The minimum absolute atomic E-state index is 0.0510. The summed E-state index contributed by atoms with van der Waals surface area (Å²) >= 11 is 0. The second kappa shape index (κ2) is 8.36. The Morgan fingerprint density at radius 1 is 1.27 bits per heavy atom. The Kier molecular flexibility index (Phi) is 6.49. The molecule has 1 saturated heterocycles. The minimum Gasteiger partial charge on any atom is -0.493 e. The molecule has 1 atom stereocenters. The third-order valence-electron chi connectivity index (χ3n) is 3.96. The summed E-state index contributed by atoms with van der Waals surface area (Å²) in [5.74, 6) is 1.77.